The number of nitrogens with zero attached hydrogens (tertiary/aromatic N) is 3. The van der Waals surface area contributed by atoms with Gasteiger partial charge in [0.1, 0.15) is 0 Å². The number of hydrogen-bond acceptors (Lipinski definition) is 3. The zero-order valence-electron chi connectivity index (χ0n) is 14.9. The molecule has 0 radical (unpaired) electrons. The third-order valence-electron chi connectivity index (χ3n) is 4.68. The third-order valence-corrected chi connectivity index (χ3v) is 4.68. The summed E-state index contributed by atoms with van der Waals surface area (Å²) in [6, 6.07) is 19.5. The second kappa shape index (κ2) is 7.41. The number of rotatable bonds is 6. The summed E-state index contributed by atoms with van der Waals surface area (Å²) in [6.45, 7) is 1.36. The summed E-state index contributed by atoms with van der Waals surface area (Å²) >= 11 is 0. The van der Waals surface area contributed by atoms with Crippen molar-refractivity contribution >= 4 is 0 Å². The van der Waals surface area contributed by atoms with E-state index in [4.69, 9.17) is 0 Å². The predicted molar refractivity (Wildman–Crippen MR) is 105 cm³/mol. The molecule has 4 aromatic rings. The Morgan fingerprint density at radius 1 is 0.815 bits per heavy atom. The minimum atomic E-state index is -0.0988. The van der Waals surface area contributed by atoms with E-state index in [9.17, 15) is 10.2 Å². The molecule has 27 heavy (non-hydrogen) atoms. The van der Waals surface area contributed by atoms with Crippen molar-refractivity contribution in [2.45, 2.75) is 19.5 Å². The molecule has 0 aliphatic heterocycles. The van der Waals surface area contributed by atoms with Crippen LogP contribution in [0.4, 0.5) is 0 Å². The van der Waals surface area contributed by atoms with Crippen LogP contribution < -0.4 is 0 Å². The van der Waals surface area contributed by atoms with Gasteiger partial charge in [-0.05, 0) is 17.5 Å². The van der Waals surface area contributed by atoms with Crippen LogP contribution in [0.5, 0.6) is 11.6 Å². The topological polar surface area (TPSA) is 63.2 Å². The molecular formula is C22H21N3O2. The second-order valence-corrected chi connectivity index (χ2v) is 6.43. The van der Waals surface area contributed by atoms with Crippen LogP contribution in [0, 0.1) is 0 Å². The van der Waals surface area contributed by atoms with Gasteiger partial charge >= 0.3 is 0 Å². The van der Waals surface area contributed by atoms with Crippen LogP contribution >= 0.6 is 0 Å². The summed E-state index contributed by atoms with van der Waals surface area (Å²) in [6.07, 6.45) is 6.24. The first-order chi connectivity index (χ1) is 13.3. The lowest BCUT2D eigenvalue weighted by Gasteiger charge is -2.12. The minimum absolute atomic E-state index is 0.0808. The quantitative estimate of drug-likeness (QED) is 0.532. The summed E-state index contributed by atoms with van der Waals surface area (Å²) in [4.78, 5) is 4.06. The average Bonchev–Trinajstić information content (AvgIpc) is 3.31. The number of benzene rings is 2. The van der Waals surface area contributed by atoms with Crippen molar-refractivity contribution in [1.29, 1.82) is 0 Å². The summed E-state index contributed by atoms with van der Waals surface area (Å²) in [5, 5.41) is 21.4. The Bertz CT molecular complexity index is 1010. The van der Waals surface area contributed by atoms with Gasteiger partial charge in [-0.25, -0.2) is 4.98 Å². The monoisotopic (exact) mass is 359 g/mol. The van der Waals surface area contributed by atoms with Crippen LogP contribution in [0.2, 0.25) is 0 Å². The van der Waals surface area contributed by atoms with Crippen LogP contribution in [0.15, 0.2) is 79.4 Å². The SMILES string of the molecule is Oc1c(-c2ccccc2)c(-c2ccccc2)n(CCCn2ccnc2)c1O. The first kappa shape index (κ1) is 17.0. The highest BCUT2D eigenvalue weighted by Crippen LogP contribution is 2.46. The van der Waals surface area contributed by atoms with Crippen molar-refractivity contribution < 1.29 is 10.2 Å². The molecule has 0 saturated heterocycles. The van der Waals surface area contributed by atoms with Gasteiger partial charge in [0.2, 0.25) is 5.88 Å². The van der Waals surface area contributed by atoms with E-state index in [1.807, 2.05) is 71.4 Å². The van der Waals surface area contributed by atoms with E-state index >= 15 is 0 Å². The maximum Gasteiger partial charge on any atom is 0.235 e. The molecule has 2 N–H and O–H groups in total. The Labute approximate surface area is 157 Å². The molecule has 4 rings (SSSR count). The second-order valence-electron chi connectivity index (χ2n) is 6.43. The summed E-state index contributed by atoms with van der Waals surface area (Å²) in [7, 11) is 0. The molecule has 0 bridgehead atoms. The number of aryl methyl sites for hydroxylation is 1. The lowest BCUT2D eigenvalue weighted by atomic mass is 10.0. The number of imidazole rings is 1. The van der Waals surface area contributed by atoms with E-state index in [1.54, 1.807) is 17.1 Å². The first-order valence-electron chi connectivity index (χ1n) is 8.96. The number of hydrogen-bond donors (Lipinski definition) is 2. The molecule has 0 aliphatic carbocycles. The van der Waals surface area contributed by atoms with Gasteiger partial charge in [-0.15, -0.1) is 0 Å². The van der Waals surface area contributed by atoms with E-state index in [0.29, 0.717) is 12.1 Å². The van der Waals surface area contributed by atoms with Gasteiger partial charge in [0.25, 0.3) is 0 Å². The van der Waals surface area contributed by atoms with Crippen molar-refractivity contribution in [2.75, 3.05) is 0 Å². The minimum Gasteiger partial charge on any atom is -0.503 e. The maximum absolute atomic E-state index is 10.7. The number of aromatic nitrogens is 3. The molecule has 0 spiro atoms. The summed E-state index contributed by atoms with van der Waals surface area (Å²) < 4.78 is 3.80. The Morgan fingerprint density at radius 3 is 2.11 bits per heavy atom. The van der Waals surface area contributed by atoms with Crippen molar-refractivity contribution in [3.8, 4) is 34.0 Å². The Hall–Kier alpha value is -3.47. The molecular weight excluding hydrogens is 338 g/mol. The van der Waals surface area contributed by atoms with Gasteiger partial charge in [0.05, 0.1) is 17.6 Å². The molecule has 5 heteroatoms. The van der Waals surface area contributed by atoms with E-state index in [1.165, 1.54) is 0 Å². The fourth-order valence-electron chi connectivity index (χ4n) is 3.42. The van der Waals surface area contributed by atoms with Gasteiger partial charge in [-0.3, -0.25) is 0 Å². The lowest BCUT2D eigenvalue weighted by molar-refractivity contribution is 0.369. The molecule has 2 aromatic carbocycles. The van der Waals surface area contributed by atoms with Gasteiger partial charge in [0, 0.05) is 25.5 Å². The van der Waals surface area contributed by atoms with Crippen molar-refractivity contribution in [1.82, 2.24) is 14.1 Å². The molecule has 0 atom stereocenters. The van der Waals surface area contributed by atoms with E-state index in [2.05, 4.69) is 4.98 Å². The molecule has 0 amide bonds. The normalized spacial score (nSPS) is 11.0. The lowest BCUT2D eigenvalue weighted by Crippen LogP contribution is -2.04. The Balaban J connectivity index is 1.78. The highest BCUT2D eigenvalue weighted by Gasteiger charge is 2.24. The van der Waals surface area contributed by atoms with E-state index in [-0.39, 0.29) is 11.6 Å². The molecule has 0 unspecified atom stereocenters. The van der Waals surface area contributed by atoms with Crippen LogP contribution in [0.25, 0.3) is 22.4 Å². The Kier molecular flexibility index (Phi) is 4.66. The van der Waals surface area contributed by atoms with E-state index < -0.39 is 0 Å². The Morgan fingerprint density at radius 2 is 1.48 bits per heavy atom. The highest BCUT2D eigenvalue weighted by atomic mass is 16.3. The molecule has 0 fully saturated rings. The predicted octanol–water partition coefficient (Wildman–Crippen LogP) is 4.52. The molecule has 5 nitrogen and oxygen atoms in total. The van der Waals surface area contributed by atoms with Gasteiger partial charge in [-0.1, -0.05) is 60.7 Å². The third kappa shape index (κ3) is 3.31. The molecule has 2 heterocycles. The first-order valence-corrected chi connectivity index (χ1v) is 8.96. The maximum atomic E-state index is 10.7. The highest BCUT2D eigenvalue weighted by molar-refractivity contribution is 5.88. The standard InChI is InChI=1S/C22H21N3O2/c26-21-19(17-8-3-1-4-9-17)20(18-10-5-2-6-11-18)25(22(21)27)14-7-13-24-15-12-23-16-24/h1-6,8-12,15-16,26-27H,7,13-14H2. The molecule has 136 valence electrons. The zero-order chi connectivity index (χ0) is 18.6. The number of aromatic hydroxyl groups is 2. The van der Waals surface area contributed by atoms with Gasteiger partial charge in [0.15, 0.2) is 5.75 Å². The summed E-state index contributed by atoms with van der Waals surface area (Å²) in [5.74, 6) is -0.180. The fraction of sp³-hybridized carbons (Fsp3) is 0.136. The van der Waals surface area contributed by atoms with Crippen molar-refractivity contribution in [3.05, 3.63) is 79.4 Å². The largest absolute Gasteiger partial charge is 0.503 e. The van der Waals surface area contributed by atoms with Crippen molar-refractivity contribution in [3.63, 3.8) is 0 Å². The van der Waals surface area contributed by atoms with Crippen LogP contribution in [-0.2, 0) is 13.1 Å². The van der Waals surface area contributed by atoms with Crippen molar-refractivity contribution in [2.24, 2.45) is 0 Å². The molecule has 0 aliphatic rings. The smallest absolute Gasteiger partial charge is 0.235 e. The summed E-state index contributed by atoms with van der Waals surface area (Å²) in [5.41, 5.74) is 3.30. The van der Waals surface area contributed by atoms with Gasteiger partial charge < -0.3 is 19.3 Å². The van der Waals surface area contributed by atoms with Gasteiger partial charge in [-0.2, -0.15) is 0 Å². The van der Waals surface area contributed by atoms with E-state index in [0.717, 1.165) is 29.8 Å². The average molecular weight is 359 g/mol. The van der Waals surface area contributed by atoms with Crippen LogP contribution in [0.1, 0.15) is 6.42 Å². The molecule has 0 saturated carbocycles. The fourth-order valence-corrected chi connectivity index (χ4v) is 3.42. The zero-order valence-corrected chi connectivity index (χ0v) is 14.9. The van der Waals surface area contributed by atoms with Crippen LogP contribution in [0.3, 0.4) is 0 Å². The van der Waals surface area contributed by atoms with Crippen LogP contribution in [-0.4, -0.2) is 24.3 Å². The molecule has 2 aromatic heterocycles.